The summed E-state index contributed by atoms with van der Waals surface area (Å²) in [5.41, 5.74) is 3.43. The molecule has 5 rings (SSSR count). The Bertz CT molecular complexity index is 1140. The van der Waals surface area contributed by atoms with Crippen molar-refractivity contribution in [3.63, 3.8) is 0 Å². The first kappa shape index (κ1) is 18.6. The van der Waals surface area contributed by atoms with Gasteiger partial charge in [0.05, 0.1) is 24.8 Å². The van der Waals surface area contributed by atoms with Crippen LogP contribution in [-0.4, -0.2) is 26.9 Å². The Morgan fingerprint density at radius 1 is 1.28 bits per heavy atom. The van der Waals surface area contributed by atoms with Crippen LogP contribution in [0.15, 0.2) is 35.4 Å². The molecule has 29 heavy (non-hydrogen) atoms. The van der Waals surface area contributed by atoms with Crippen molar-refractivity contribution in [1.29, 1.82) is 0 Å². The topological polar surface area (TPSA) is 55.2 Å². The van der Waals surface area contributed by atoms with E-state index < -0.39 is 0 Å². The summed E-state index contributed by atoms with van der Waals surface area (Å²) >= 11 is 1.58. The summed E-state index contributed by atoms with van der Waals surface area (Å²) in [6, 6.07) is 8.22. The number of nitrogens with zero attached hydrogens (tertiary/aromatic N) is 3. The number of hydrogen-bond donors (Lipinski definition) is 0. The molecule has 1 aromatic carbocycles. The van der Waals surface area contributed by atoms with E-state index >= 15 is 0 Å². The Balaban J connectivity index is 1.45. The van der Waals surface area contributed by atoms with Crippen LogP contribution in [0.4, 0.5) is 0 Å². The molecular formula is C23H25N3O2S. The van der Waals surface area contributed by atoms with Crippen LogP contribution in [-0.2, 0) is 24.3 Å². The fourth-order valence-electron chi connectivity index (χ4n) is 4.76. The highest BCUT2D eigenvalue weighted by atomic mass is 32.1. The normalized spacial score (nSPS) is 17.1. The predicted molar refractivity (Wildman–Crippen MR) is 115 cm³/mol. The van der Waals surface area contributed by atoms with Gasteiger partial charge in [0.25, 0.3) is 5.56 Å². The summed E-state index contributed by atoms with van der Waals surface area (Å²) in [5.74, 6) is 0.506. The number of aromatic nitrogens is 2. The number of fused-ring (bicyclic) bond motifs is 3. The highest BCUT2D eigenvalue weighted by molar-refractivity contribution is 7.18. The summed E-state index contributed by atoms with van der Waals surface area (Å²) in [4.78, 5) is 34.6. The van der Waals surface area contributed by atoms with Crippen LogP contribution >= 0.6 is 11.3 Å². The van der Waals surface area contributed by atoms with Crippen LogP contribution in [0.25, 0.3) is 10.2 Å². The number of hydrogen-bond acceptors (Lipinski definition) is 4. The number of carbonyl (C=O) groups is 1. The van der Waals surface area contributed by atoms with E-state index in [-0.39, 0.29) is 11.5 Å². The van der Waals surface area contributed by atoms with Gasteiger partial charge in [-0.3, -0.25) is 14.2 Å². The van der Waals surface area contributed by atoms with E-state index in [1.54, 1.807) is 22.2 Å². The van der Waals surface area contributed by atoms with Gasteiger partial charge in [-0.1, -0.05) is 42.7 Å². The third-order valence-electron chi connectivity index (χ3n) is 6.28. The lowest BCUT2D eigenvalue weighted by molar-refractivity contribution is -0.136. The Morgan fingerprint density at radius 3 is 2.90 bits per heavy atom. The smallest absolute Gasteiger partial charge is 0.262 e. The quantitative estimate of drug-likeness (QED) is 0.662. The number of amides is 1. The largest absolute Gasteiger partial charge is 0.337 e. The predicted octanol–water partition coefficient (Wildman–Crippen LogP) is 3.89. The summed E-state index contributed by atoms with van der Waals surface area (Å²) in [6.45, 7) is 3.92. The van der Waals surface area contributed by atoms with Crippen LogP contribution in [0, 0.1) is 12.8 Å². The number of carbonyl (C=O) groups excluding carboxylic acids is 1. The minimum absolute atomic E-state index is 0.0320. The van der Waals surface area contributed by atoms with Gasteiger partial charge in [0.15, 0.2) is 0 Å². The zero-order valence-electron chi connectivity index (χ0n) is 16.7. The van der Waals surface area contributed by atoms with Gasteiger partial charge in [0, 0.05) is 17.3 Å². The molecule has 0 unspecified atom stereocenters. The van der Waals surface area contributed by atoms with Gasteiger partial charge in [-0.25, -0.2) is 4.98 Å². The first-order valence-electron chi connectivity index (χ1n) is 10.4. The molecule has 0 spiro atoms. The molecule has 3 heterocycles. The van der Waals surface area contributed by atoms with Gasteiger partial charge >= 0.3 is 0 Å². The Kier molecular flexibility index (Phi) is 4.74. The van der Waals surface area contributed by atoms with Gasteiger partial charge in [-0.2, -0.15) is 0 Å². The number of aryl methyl sites for hydroxylation is 1. The zero-order chi connectivity index (χ0) is 20.0. The van der Waals surface area contributed by atoms with Crippen molar-refractivity contribution in [3.05, 3.63) is 62.5 Å². The van der Waals surface area contributed by atoms with Crippen molar-refractivity contribution >= 4 is 27.5 Å². The van der Waals surface area contributed by atoms with E-state index in [0.29, 0.717) is 25.5 Å². The summed E-state index contributed by atoms with van der Waals surface area (Å²) < 4.78 is 1.71. The van der Waals surface area contributed by atoms with Gasteiger partial charge in [0.1, 0.15) is 4.83 Å². The van der Waals surface area contributed by atoms with Crippen LogP contribution in [0.2, 0.25) is 0 Å². The molecule has 150 valence electrons. The van der Waals surface area contributed by atoms with Crippen molar-refractivity contribution in [2.24, 2.45) is 5.92 Å². The number of rotatable bonds is 3. The molecule has 6 heteroatoms. The fourth-order valence-corrected chi connectivity index (χ4v) is 5.95. The lowest BCUT2D eigenvalue weighted by Gasteiger charge is -2.29. The number of benzene rings is 1. The molecular weight excluding hydrogens is 382 g/mol. The fraction of sp³-hybridized carbons (Fsp3) is 0.435. The average molecular weight is 408 g/mol. The lowest BCUT2D eigenvalue weighted by Crippen LogP contribution is -2.38. The van der Waals surface area contributed by atoms with Crippen molar-refractivity contribution in [2.45, 2.75) is 52.1 Å². The van der Waals surface area contributed by atoms with E-state index in [0.717, 1.165) is 45.5 Å². The van der Waals surface area contributed by atoms with E-state index in [1.165, 1.54) is 18.4 Å². The van der Waals surface area contributed by atoms with E-state index in [2.05, 4.69) is 24.0 Å². The Morgan fingerprint density at radius 2 is 2.10 bits per heavy atom. The van der Waals surface area contributed by atoms with Gasteiger partial charge in [-0.05, 0) is 37.3 Å². The SMILES string of the molecule is Cc1cccc(Cn2cnc3sc4c(c3c2=O)CCN(C(=O)C2CCCC2)C4)c1. The third kappa shape index (κ3) is 3.39. The maximum atomic E-state index is 13.2. The van der Waals surface area contributed by atoms with Crippen LogP contribution in [0.3, 0.4) is 0 Å². The maximum Gasteiger partial charge on any atom is 0.262 e. The van der Waals surface area contributed by atoms with Gasteiger partial charge < -0.3 is 4.90 Å². The first-order chi connectivity index (χ1) is 14.1. The maximum absolute atomic E-state index is 13.2. The highest BCUT2D eigenvalue weighted by Gasteiger charge is 2.31. The molecule has 0 radical (unpaired) electrons. The van der Waals surface area contributed by atoms with Crippen molar-refractivity contribution in [3.8, 4) is 0 Å². The summed E-state index contributed by atoms with van der Waals surface area (Å²) in [6.07, 6.45) is 6.81. The van der Waals surface area contributed by atoms with Crippen LogP contribution in [0.5, 0.6) is 0 Å². The molecule has 1 fully saturated rings. The standard InChI is InChI=1S/C23H25N3O2S/c1-15-5-4-6-16(11-15)12-26-14-24-21-20(23(26)28)18-9-10-25(13-19(18)29-21)22(27)17-7-2-3-8-17/h4-6,11,14,17H,2-3,7-10,12-13H2,1H3. The highest BCUT2D eigenvalue weighted by Crippen LogP contribution is 2.34. The van der Waals surface area contributed by atoms with Crippen LogP contribution in [0.1, 0.15) is 47.3 Å². The zero-order valence-corrected chi connectivity index (χ0v) is 17.5. The molecule has 1 saturated carbocycles. The first-order valence-corrected chi connectivity index (χ1v) is 11.3. The second-order valence-corrected chi connectivity index (χ2v) is 9.43. The molecule has 0 atom stereocenters. The van der Waals surface area contributed by atoms with E-state index in [1.807, 2.05) is 17.0 Å². The Labute approximate surface area is 174 Å². The van der Waals surface area contributed by atoms with E-state index in [4.69, 9.17) is 0 Å². The van der Waals surface area contributed by atoms with Crippen molar-refractivity contribution < 1.29 is 4.79 Å². The molecule has 0 saturated heterocycles. The van der Waals surface area contributed by atoms with Gasteiger partial charge in [-0.15, -0.1) is 11.3 Å². The molecule has 2 aromatic heterocycles. The molecule has 5 nitrogen and oxygen atoms in total. The summed E-state index contributed by atoms with van der Waals surface area (Å²) in [7, 11) is 0. The minimum atomic E-state index is 0.0320. The summed E-state index contributed by atoms with van der Waals surface area (Å²) in [5, 5.41) is 0.758. The molecule has 0 bridgehead atoms. The lowest BCUT2D eigenvalue weighted by atomic mass is 10.0. The molecule has 0 N–H and O–H groups in total. The molecule has 2 aliphatic rings. The average Bonchev–Trinajstić information content (AvgIpc) is 3.37. The van der Waals surface area contributed by atoms with Gasteiger partial charge in [0.2, 0.25) is 5.91 Å². The molecule has 3 aromatic rings. The monoisotopic (exact) mass is 407 g/mol. The molecule has 1 amide bonds. The molecule has 1 aliphatic heterocycles. The van der Waals surface area contributed by atoms with E-state index in [9.17, 15) is 9.59 Å². The number of thiophene rings is 1. The second-order valence-electron chi connectivity index (χ2n) is 8.34. The van der Waals surface area contributed by atoms with Crippen LogP contribution < -0.4 is 5.56 Å². The van der Waals surface area contributed by atoms with Crippen molar-refractivity contribution in [2.75, 3.05) is 6.54 Å². The second kappa shape index (κ2) is 7.41. The minimum Gasteiger partial charge on any atom is -0.337 e. The molecule has 1 aliphatic carbocycles. The Hall–Kier alpha value is -2.47. The van der Waals surface area contributed by atoms with Crippen molar-refractivity contribution in [1.82, 2.24) is 14.5 Å². The third-order valence-corrected chi connectivity index (χ3v) is 7.40.